The molecule has 1 aliphatic heterocycles. The van der Waals surface area contributed by atoms with Gasteiger partial charge in [-0.15, -0.1) is 0 Å². The molecule has 1 aromatic rings. The first-order valence-corrected chi connectivity index (χ1v) is 12.6. The Balaban J connectivity index is 1.39. The van der Waals surface area contributed by atoms with Gasteiger partial charge in [0.1, 0.15) is 30.2 Å². The van der Waals surface area contributed by atoms with E-state index in [9.17, 15) is 20.4 Å². The first-order chi connectivity index (χ1) is 16.4. The van der Waals surface area contributed by atoms with Gasteiger partial charge in [0, 0.05) is 0 Å². The van der Waals surface area contributed by atoms with E-state index in [2.05, 4.69) is 37.3 Å². The number of hydrogen-bond donors (Lipinski definition) is 4. The van der Waals surface area contributed by atoms with Crippen molar-refractivity contribution in [2.45, 2.75) is 88.2 Å². The Morgan fingerprint density at radius 3 is 2.62 bits per heavy atom. The molecule has 0 unspecified atom stereocenters. The Morgan fingerprint density at radius 2 is 1.85 bits per heavy atom. The lowest BCUT2D eigenvalue weighted by Gasteiger charge is -2.54. The van der Waals surface area contributed by atoms with Crippen LogP contribution in [-0.2, 0) is 15.9 Å². The van der Waals surface area contributed by atoms with Gasteiger partial charge in [-0.3, -0.25) is 0 Å². The average molecular weight is 475 g/mol. The Kier molecular flexibility index (Phi) is 6.79. The summed E-state index contributed by atoms with van der Waals surface area (Å²) in [6.45, 7) is 1.85. The predicted octanol–water partition coefficient (Wildman–Crippen LogP) is 2.29. The maximum absolute atomic E-state index is 10.6. The fraction of sp³-hybridized carbons (Fsp3) is 0.704. The molecule has 34 heavy (non-hydrogen) atoms. The standard InChI is InChI=1S/C27H38O7/c1-27-12-11-18-17-10-8-16(32-2)13-15(17)7-9-19(18)20(27)5-3-4-6-22(27)34-26-25(31)24(30)23(29)21(14-28)33-26/h3-4,8,10,13,18-26,28-31H,5-7,9,11-12,14H2,1-2H3/t18-,19-,20+,21-,22+,23-,24+,25+,26-,27+/m1/s1. The maximum atomic E-state index is 10.6. The van der Waals surface area contributed by atoms with Crippen molar-refractivity contribution in [3.05, 3.63) is 41.5 Å². The smallest absolute Gasteiger partial charge is 0.187 e. The van der Waals surface area contributed by atoms with Gasteiger partial charge >= 0.3 is 0 Å². The van der Waals surface area contributed by atoms with E-state index in [0.717, 1.165) is 37.9 Å². The van der Waals surface area contributed by atoms with Crippen LogP contribution in [0.4, 0.5) is 0 Å². The highest BCUT2D eigenvalue weighted by atomic mass is 16.7. The lowest BCUT2D eigenvalue weighted by molar-refractivity contribution is -0.322. The molecule has 3 aliphatic carbocycles. The Labute approximate surface area is 201 Å². The molecule has 0 bridgehead atoms. The fourth-order valence-electron chi connectivity index (χ4n) is 7.16. The van der Waals surface area contributed by atoms with Gasteiger partial charge in [-0.1, -0.05) is 25.1 Å². The number of rotatable bonds is 4. The monoisotopic (exact) mass is 474 g/mol. The van der Waals surface area contributed by atoms with Gasteiger partial charge in [0.05, 0.1) is 19.8 Å². The van der Waals surface area contributed by atoms with Crippen LogP contribution in [-0.4, -0.2) is 71.0 Å². The maximum Gasteiger partial charge on any atom is 0.187 e. The van der Waals surface area contributed by atoms with Crippen molar-refractivity contribution in [2.75, 3.05) is 13.7 Å². The van der Waals surface area contributed by atoms with Gasteiger partial charge < -0.3 is 34.6 Å². The van der Waals surface area contributed by atoms with Crippen LogP contribution in [0.5, 0.6) is 5.75 Å². The minimum Gasteiger partial charge on any atom is -0.497 e. The minimum atomic E-state index is -1.43. The van der Waals surface area contributed by atoms with E-state index in [1.165, 1.54) is 11.1 Å². The third kappa shape index (κ3) is 4.00. The van der Waals surface area contributed by atoms with Crippen LogP contribution in [0.25, 0.3) is 0 Å². The number of aliphatic hydroxyl groups is 4. The third-order valence-electron chi connectivity index (χ3n) is 9.16. The van der Waals surface area contributed by atoms with E-state index in [0.29, 0.717) is 24.2 Å². The van der Waals surface area contributed by atoms with Crippen LogP contribution in [0, 0.1) is 17.3 Å². The summed E-state index contributed by atoms with van der Waals surface area (Å²) in [6, 6.07) is 6.52. The second-order valence-electron chi connectivity index (χ2n) is 10.8. The van der Waals surface area contributed by atoms with E-state index < -0.39 is 37.3 Å². The zero-order valence-electron chi connectivity index (χ0n) is 20.0. The minimum absolute atomic E-state index is 0.118. The molecule has 0 aromatic heterocycles. The average Bonchev–Trinajstić information content (AvgIpc) is 3.02. The zero-order valence-corrected chi connectivity index (χ0v) is 20.0. The van der Waals surface area contributed by atoms with E-state index in [4.69, 9.17) is 14.2 Å². The van der Waals surface area contributed by atoms with Gasteiger partial charge in [-0.05, 0) is 85.0 Å². The van der Waals surface area contributed by atoms with E-state index in [1.54, 1.807) is 7.11 Å². The molecule has 1 saturated heterocycles. The van der Waals surface area contributed by atoms with E-state index in [-0.39, 0.29) is 11.5 Å². The number of aliphatic hydroxyl groups excluding tert-OH is 4. The van der Waals surface area contributed by atoms with Crippen molar-refractivity contribution >= 4 is 0 Å². The molecule has 4 N–H and O–H groups in total. The van der Waals surface area contributed by atoms with Crippen LogP contribution >= 0.6 is 0 Å². The topological polar surface area (TPSA) is 109 Å². The van der Waals surface area contributed by atoms with Gasteiger partial charge in [0.15, 0.2) is 6.29 Å². The molecule has 0 radical (unpaired) electrons. The van der Waals surface area contributed by atoms with Crippen LogP contribution in [0.3, 0.4) is 0 Å². The molecule has 188 valence electrons. The van der Waals surface area contributed by atoms with Crippen LogP contribution < -0.4 is 4.74 Å². The summed E-state index contributed by atoms with van der Waals surface area (Å²) < 4.78 is 17.6. The van der Waals surface area contributed by atoms with Crippen molar-refractivity contribution in [1.82, 2.24) is 0 Å². The Bertz CT molecular complexity index is 901. The van der Waals surface area contributed by atoms with Gasteiger partial charge in [-0.2, -0.15) is 0 Å². The highest BCUT2D eigenvalue weighted by Gasteiger charge is 2.54. The number of allylic oxidation sites excluding steroid dienone is 1. The van der Waals surface area contributed by atoms with Crippen molar-refractivity contribution in [2.24, 2.45) is 17.3 Å². The van der Waals surface area contributed by atoms with Crippen LogP contribution in [0.15, 0.2) is 30.4 Å². The molecule has 0 spiro atoms. The molecule has 0 amide bonds. The van der Waals surface area contributed by atoms with Gasteiger partial charge in [0.2, 0.25) is 0 Å². The summed E-state index contributed by atoms with van der Waals surface area (Å²) in [5.41, 5.74) is 2.74. The van der Waals surface area contributed by atoms with Crippen molar-refractivity contribution in [3.63, 3.8) is 0 Å². The number of ether oxygens (including phenoxy) is 3. The number of aryl methyl sites for hydroxylation is 1. The number of benzene rings is 1. The number of hydrogen-bond acceptors (Lipinski definition) is 7. The molecule has 1 aromatic carbocycles. The van der Waals surface area contributed by atoms with Gasteiger partial charge in [0.25, 0.3) is 0 Å². The first kappa shape index (κ1) is 24.2. The molecule has 7 nitrogen and oxygen atoms in total. The summed E-state index contributed by atoms with van der Waals surface area (Å²) in [5, 5.41) is 40.5. The lowest BCUT2D eigenvalue weighted by atomic mass is 9.52. The molecule has 10 atom stereocenters. The van der Waals surface area contributed by atoms with Crippen molar-refractivity contribution in [1.29, 1.82) is 0 Å². The molecule has 5 rings (SSSR count). The van der Waals surface area contributed by atoms with E-state index in [1.807, 2.05) is 0 Å². The SMILES string of the molecule is COc1ccc2c(c1)CC[C@@H]1[C@@H]2CC[C@]2(C)[C@@H](O[C@H]3O[C@H](CO)[C@@H](O)[C@H](O)[C@@H]3O)CC=CC[C@@H]12. The first-order valence-electron chi connectivity index (χ1n) is 12.6. The molecular formula is C27H38O7. The molecule has 1 heterocycles. The van der Waals surface area contributed by atoms with Crippen LogP contribution in [0.2, 0.25) is 0 Å². The lowest BCUT2D eigenvalue weighted by Crippen LogP contribution is -2.61. The predicted molar refractivity (Wildman–Crippen MR) is 125 cm³/mol. The molecular weight excluding hydrogens is 436 g/mol. The summed E-state index contributed by atoms with van der Waals surface area (Å²) >= 11 is 0. The number of methoxy groups -OCH3 is 1. The van der Waals surface area contributed by atoms with E-state index >= 15 is 0 Å². The van der Waals surface area contributed by atoms with Crippen molar-refractivity contribution in [3.8, 4) is 5.75 Å². The quantitative estimate of drug-likeness (QED) is 0.496. The normalized spacial score (nSPS) is 43.9. The van der Waals surface area contributed by atoms with Crippen molar-refractivity contribution < 1.29 is 34.6 Å². The Morgan fingerprint density at radius 1 is 1.06 bits per heavy atom. The second-order valence-corrected chi connectivity index (χ2v) is 10.8. The summed E-state index contributed by atoms with van der Waals surface area (Å²) in [7, 11) is 1.72. The van der Waals surface area contributed by atoms with Gasteiger partial charge in [-0.25, -0.2) is 0 Å². The molecule has 2 fully saturated rings. The largest absolute Gasteiger partial charge is 0.497 e. The second kappa shape index (κ2) is 9.52. The summed E-state index contributed by atoms with van der Waals surface area (Å²) in [4.78, 5) is 0. The molecule has 1 saturated carbocycles. The number of fused-ring (bicyclic) bond motifs is 5. The fourth-order valence-corrected chi connectivity index (χ4v) is 7.16. The third-order valence-corrected chi connectivity index (χ3v) is 9.16. The highest BCUT2D eigenvalue weighted by molar-refractivity contribution is 5.40. The molecule has 7 heteroatoms. The Hall–Kier alpha value is -1.48. The summed E-state index contributed by atoms with van der Waals surface area (Å²) in [6.07, 6.45) is 3.93. The van der Waals surface area contributed by atoms with Crippen LogP contribution in [0.1, 0.15) is 56.1 Å². The summed E-state index contributed by atoms with van der Waals surface area (Å²) in [5.74, 6) is 2.41. The molecule has 4 aliphatic rings. The highest BCUT2D eigenvalue weighted by Crippen LogP contribution is 2.59. The zero-order chi connectivity index (χ0) is 24.0.